The molecular weight excluding hydrogens is 385 g/mol. The number of hydrogen-bond donors (Lipinski definition) is 1. The lowest BCUT2D eigenvalue weighted by molar-refractivity contribution is -0.141. The average molecular weight is 411 g/mol. The van der Waals surface area contributed by atoms with Gasteiger partial charge in [0.1, 0.15) is 11.9 Å². The van der Waals surface area contributed by atoms with Crippen LogP contribution >= 0.6 is 0 Å². The maximum Gasteiger partial charge on any atom is 0.242 e. The molecule has 2 N–H and O–H groups in total. The number of nitriles is 1. The highest BCUT2D eigenvalue weighted by molar-refractivity contribution is 5.87. The van der Waals surface area contributed by atoms with Gasteiger partial charge in [0.25, 0.3) is 0 Å². The zero-order valence-corrected chi connectivity index (χ0v) is 16.9. The predicted molar refractivity (Wildman–Crippen MR) is 106 cm³/mol. The third kappa shape index (κ3) is 2.99. The van der Waals surface area contributed by atoms with E-state index in [4.69, 9.17) is 5.73 Å². The Bertz CT molecular complexity index is 932. The first-order chi connectivity index (χ1) is 14.4. The summed E-state index contributed by atoms with van der Waals surface area (Å²) < 4.78 is 13.6. The van der Waals surface area contributed by atoms with Gasteiger partial charge in [-0.15, -0.1) is 0 Å². The summed E-state index contributed by atoms with van der Waals surface area (Å²) >= 11 is 0. The van der Waals surface area contributed by atoms with Gasteiger partial charge in [0.15, 0.2) is 0 Å². The zero-order chi connectivity index (χ0) is 21.2. The number of nitrogens with zero attached hydrogens (tertiary/aromatic N) is 4. The van der Waals surface area contributed by atoms with E-state index >= 15 is 0 Å². The lowest BCUT2D eigenvalue weighted by Gasteiger charge is -2.38. The first-order valence-corrected chi connectivity index (χ1v) is 10.7. The van der Waals surface area contributed by atoms with E-state index in [-0.39, 0.29) is 47.8 Å². The molecule has 7 atom stereocenters. The van der Waals surface area contributed by atoms with Crippen LogP contribution in [0.2, 0.25) is 0 Å². The summed E-state index contributed by atoms with van der Waals surface area (Å²) in [6.45, 7) is 2.90. The molecule has 3 aliphatic heterocycles. The van der Waals surface area contributed by atoms with E-state index < -0.39 is 6.04 Å². The number of rotatable bonds is 5. The van der Waals surface area contributed by atoms with Crippen LogP contribution in [-0.4, -0.2) is 69.8 Å². The van der Waals surface area contributed by atoms with Crippen molar-refractivity contribution in [3.63, 3.8) is 0 Å². The highest BCUT2D eigenvalue weighted by Gasteiger charge is 2.56. The Kier molecular flexibility index (Phi) is 4.56. The lowest BCUT2D eigenvalue weighted by Crippen LogP contribution is -2.57. The Morgan fingerprint density at radius 1 is 1.37 bits per heavy atom. The molecule has 1 saturated carbocycles. The second-order valence-corrected chi connectivity index (χ2v) is 9.13. The van der Waals surface area contributed by atoms with E-state index in [1.165, 1.54) is 12.1 Å². The maximum atomic E-state index is 13.6. The zero-order valence-electron chi connectivity index (χ0n) is 16.9. The van der Waals surface area contributed by atoms with Crippen molar-refractivity contribution in [3.8, 4) is 6.07 Å². The third-order valence-corrected chi connectivity index (χ3v) is 7.32. The molecule has 1 aromatic carbocycles. The summed E-state index contributed by atoms with van der Waals surface area (Å²) in [5.41, 5.74) is 7.03. The molecule has 0 aromatic heterocycles. The number of nitrogens with two attached hydrogens (primary N) is 1. The number of piperidine rings is 1. The van der Waals surface area contributed by atoms with Crippen molar-refractivity contribution in [2.45, 2.75) is 62.4 Å². The molecule has 1 aliphatic carbocycles. The monoisotopic (exact) mass is 411 g/mol. The highest BCUT2D eigenvalue weighted by Crippen LogP contribution is 2.48. The van der Waals surface area contributed by atoms with Crippen LogP contribution < -0.4 is 5.73 Å². The number of benzene rings is 1. The maximum absolute atomic E-state index is 13.6. The molecule has 158 valence electrons. The van der Waals surface area contributed by atoms with E-state index in [9.17, 15) is 19.2 Å². The van der Waals surface area contributed by atoms with Crippen LogP contribution in [0.3, 0.4) is 0 Å². The molecule has 1 aromatic rings. The Morgan fingerprint density at radius 3 is 2.87 bits per heavy atom. The minimum atomic E-state index is -0.735. The standard InChI is InChI=1S/C22H26FN5O2/c1-12(13-3-2-4-15(23)5-13)27-17-8-20(22(27)30)26(10-17)11-18(25)21(29)28-16(9-24)6-14-7-19(14)28/h2-5,12,14,16-20H,6-8,10-11,25H2,1H3/t12-,14-,16+,17+,18+,19+,20+/m1/s1. The molecule has 0 radical (unpaired) electrons. The van der Waals surface area contributed by atoms with Crippen LogP contribution in [0.4, 0.5) is 4.39 Å². The first-order valence-electron chi connectivity index (χ1n) is 10.7. The normalized spacial score (nSPS) is 34.1. The van der Waals surface area contributed by atoms with Crippen molar-refractivity contribution < 1.29 is 14.0 Å². The van der Waals surface area contributed by atoms with Gasteiger partial charge < -0.3 is 15.5 Å². The topological polar surface area (TPSA) is 93.7 Å². The lowest BCUT2D eigenvalue weighted by atomic mass is 10.1. The van der Waals surface area contributed by atoms with Crippen LogP contribution in [0.15, 0.2) is 24.3 Å². The van der Waals surface area contributed by atoms with Gasteiger partial charge in [-0.25, -0.2) is 4.39 Å². The minimum absolute atomic E-state index is 0.0148. The largest absolute Gasteiger partial charge is 0.330 e. The van der Waals surface area contributed by atoms with E-state index in [2.05, 4.69) is 6.07 Å². The van der Waals surface area contributed by atoms with Crippen LogP contribution in [0, 0.1) is 23.1 Å². The fourth-order valence-electron chi connectivity index (χ4n) is 5.74. The molecular formula is C22H26FN5O2. The Morgan fingerprint density at radius 2 is 2.17 bits per heavy atom. The second-order valence-electron chi connectivity index (χ2n) is 9.13. The number of carbonyl (C=O) groups is 2. The van der Waals surface area contributed by atoms with E-state index in [1.807, 2.05) is 22.8 Å². The van der Waals surface area contributed by atoms with Crippen molar-refractivity contribution in [1.29, 1.82) is 5.26 Å². The van der Waals surface area contributed by atoms with Gasteiger partial charge in [0, 0.05) is 25.2 Å². The molecule has 8 heteroatoms. The molecule has 7 nitrogen and oxygen atoms in total. The number of piperazine rings is 1. The van der Waals surface area contributed by atoms with Crippen molar-refractivity contribution in [3.05, 3.63) is 35.6 Å². The summed E-state index contributed by atoms with van der Waals surface area (Å²) in [5, 5.41) is 9.33. The van der Waals surface area contributed by atoms with Crippen molar-refractivity contribution in [1.82, 2.24) is 14.7 Å². The SMILES string of the molecule is C[C@H](c1cccc(F)c1)N1C(=O)[C@@H]2C[C@H]1CN2C[C@H](N)C(=O)N1[C@H](C#N)C[C@@H]2C[C@@H]21. The Hall–Kier alpha value is -2.50. The van der Waals surface area contributed by atoms with Gasteiger partial charge in [-0.05, 0) is 49.8 Å². The molecule has 2 bridgehead atoms. The van der Waals surface area contributed by atoms with Crippen LogP contribution in [0.25, 0.3) is 0 Å². The molecule has 0 unspecified atom stereocenters. The quantitative estimate of drug-likeness (QED) is 0.781. The smallest absolute Gasteiger partial charge is 0.242 e. The van der Waals surface area contributed by atoms with Crippen LogP contribution in [0.5, 0.6) is 0 Å². The summed E-state index contributed by atoms with van der Waals surface area (Å²) in [7, 11) is 0. The molecule has 5 rings (SSSR count). The van der Waals surface area contributed by atoms with Gasteiger partial charge in [0.2, 0.25) is 11.8 Å². The van der Waals surface area contributed by atoms with Crippen molar-refractivity contribution in [2.75, 3.05) is 13.1 Å². The molecule has 2 amide bonds. The molecule has 4 aliphatic rings. The van der Waals surface area contributed by atoms with Gasteiger partial charge >= 0.3 is 0 Å². The van der Waals surface area contributed by atoms with Gasteiger partial charge in [-0.3, -0.25) is 14.5 Å². The Balaban J connectivity index is 1.24. The van der Waals surface area contributed by atoms with Gasteiger partial charge in [-0.2, -0.15) is 5.26 Å². The van der Waals surface area contributed by atoms with Crippen LogP contribution in [-0.2, 0) is 9.59 Å². The average Bonchev–Trinajstić information content (AvgIpc) is 3.06. The number of likely N-dealkylation sites (tertiary alicyclic amines) is 3. The number of hydrogen-bond acceptors (Lipinski definition) is 5. The molecule has 30 heavy (non-hydrogen) atoms. The minimum Gasteiger partial charge on any atom is -0.330 e. The molecule has 3 saturated heterocycles. The number of halogens is 1. The van der Waals surface area contributed by atoms with Gasteiger partial charge in [-0.1, -0.05) is 12.1 Å². The van der Waals surface area contributed by atoms with Crippen LogP contribution in [0.1, 0.15) is 37.8 Å². The molecule has 4 fully saturated rings. The Labute approximate surface area is 175 Å². The second kappa shape index (κ2) is 7.03. The van der Waals surface area contributed by atoms with Gasteiger partial charge in [0.05, 0.1) is 24.2 Å². The summed E-state index contributed by atoms with van der Waals surface area (Å²) in [4.78, 5) is 31.5. The first kappa shape index (κ1) is 19.5. The fraction of sp³-hybridized carbons (Fsp3) is 0.591. The van der Waals surface area contributed by atoms with E-state index in [0.29, 0.717) is 25.4 Å². The van der Waals surface area contributed by atoms with E-state index in [0.717, 1.165) is 18.4 Å². The summed E-state index contributed by atoms with van der Waals surface area (Å²) in [6.07, 6.45) is 2.42. The summed E-state index contributed by atoms with van der Waals surface area (Å²) in [5.74, 6) is -0.0152. The van der Waals surface area contributed by atoms with E-state index in [1.54, 1.807) is 11.0 Å². The van der Waals surface area contributed by atoms with Crippen molar-refractivity contribution >= 4 is 11.8 Å². The third-order valence-electron chi connectivity index (χ3n) is 7.32. The molecule has 3 heterocycles. The summed E-state index contributed by atoms with van der Waals surface area (Å²) in [6, 6.07) is 7.22. The number of carbonyl (C=O) groups excluding carboxylic acids is 2. The predicted octanol–water partition coefficient (Wildman–Crippen LogP) is 1.01. The fourth-order valence-corrected chi connectivity index (χ4v) is 5.74. The number of amides is 2. The van der Waals surface area contributed by atoms with Crippen molar-refractivity contribution in [2.24, 2.45) is 11.7 Å². The molecule has 0 spiro atoms. The highest BCUT2D eigenvalue weighted by atomic mass is 19.1. The number of fused-ring (bicyclic) bond motifs is 3.